The van der Waals surface area contributed by atoms with Gasteiger partial charge in [-0.1, -0.05) is 6.07 Å². The van der Waals surface area contributed by atoms with Crippen molar-refractivity contribution in [1.29, 1.82) is 0 Å². The van der Waals surface area contributed by atoms with Gasteiger partial charge in [-0.2, -0.15) is 0 Å². The van der Waals surface area contributed by atoms with Gasteiger partial charge in [-0.3, -0.25) is 4.79 Å². The molecule has 0 aromatic heterocycles. The zero-order valence-corrected chi connectivity index (χ0v) is 19.6. The second-order valence-electron chi connectivity index (χ2n) is 8.63. The van der Waals surface area contributed by atoms with Crippen molar-refractivity contribution in [3.63, 3.8) is 0 Å². The van der Waals surface area contributed by atoms with Crippen molar-refractivity contribution in [2.24, 2.45) is 4.99 Å². The number of hydrogen-bond donors (Lipinski definition) is 0. The summed E-state index contributed by atoms with van der Waals surface area (Å²) in [7, 11) is 1.61. The highest BCUT2D eigenvalue weighted by molar-refractivity contribution is 6.04. The molecule has 0 saturated carbocycles. The molecule has 1 saturated heterocycles. The molecular weight excluding hydrogens is 452 g/mol. The Morgan fingerprint density at radius 2 is 1.83 bits per heavy atom. The Morgan fingerprint density at radius 3 is 2.63 bits per heavy atom. The van der Waals surface area contributed by atoms with E-state index < -0.39 is 17.5 Å². The molecule has 2 aliphatic rings. The van der Waals surface area contributed by atoms with E-state index >= 15 is 0 Å². The maximum absolute atomic E-state index is 14.2. The van der Waals surface area contributed by atoms with Crippen molar-refractivity contribution in [3.05, 3.63) is 82.9 Å². The number of fused-ring (bicyclic) bond motifs is 2. The number of amidine groups is 1. The molecule has 2 aliphatic heterocycles. The summed E-state index contributed by atoms with van der Waals surface area (Å²) in [5.74, 6) is 0.737. The second-order valence-corrected chi connectivity index (χ2v) is 8.63. The zero-order valence-electron chi connectivity index (χ0n) is 19.6. The number of carbonyl (C=O) groups is 1. The maximum atomic E-state index is 14.2. The summed E-state index contributed by atoms with van der Waals surface area (Å²) in [6.45, 7) is 3.96. The van der Waals surface area contributed by atoms with Crippen LogP contribution in [-0.4, -0.2) is 54.8 Å². The van der Waals surface area contributed by atoms with E-state index in [0.717, 1.165) is 29.1 Å². The van der Waals surface area contributed by atoms with Gasteiger partial charge >= 0.3 is 0 Å². The molecule has 8 heteroatoms. The van der Waals surface area contributed by atoms with Crippen LogP contribution >= 0.6 is 0 Å². The van der Waals surface area contributed by atoms with Gasteiger partial charge in [-0.05, 0) is 61.4 Å². The van der Waals surface area contributed by atoms with Crippen molar-refractivity contribution in [3.8, 4) is 17.2 Å². The first-order valence-corrected chi connectivity index (χ1v) is 11.5. The van der Waals surface area contributed by atoms with Gasteiger partial charge < -0.3 is 19.3 Å². The van der Waals surface area contributed by atoms with Gasteiger partial charge in [0.05, 0.1) is 18.2 Å². The number of methoxy groups -OCH3 is 1. The van der Waals surface area contributed by atoms with Crippen LogP contribution in [0, 0.1) is 18.6 Å². The van der Waals surface area contributed by atoms with E-state index in [1.54, 1.807) is 12.0 Å². The van der Waals surface area contributed by atoms with E-state index in [0.29, 0.717) is 55.5 Å². The smallest absolute Gasteiger partial charge is 0.256 e. The molecule has 3 aromatic carbocycles. The predicted octanol–water partition coefficient (Wildman–Crippen LogP) is 5.31. The molecule has 35 heavy (non-hydrogen) atoms. The van der Waals surface area contributed by atoms with E-state index in [-0.39, 0.29) is 5.56 Å². The SMILES string of the molecule is COc1ccc2c(c1)C(N1CCCN(C(=O)c3ccc(F)cc3F)CC1)=Nc1ccc(C)cc1O2. The zero-order chi connectivity index (χ0) is 24.5. The number of amides is 1. The number of carbonyl (C=O) groups excluding carboxylic acids is 1. The molecule has 0 radical (unpaired) electrons. The van der Waals surface area contributed by atoms with Crippen molar-refractivity contribution in [2.75, 3.05) is 33.3 Å². The molecule has 0 bridgehead atoms. The van der Waals surface area contributed by atoms with E-state index in [1.807, 2.05) is 43.3 Å². The number of ether oxygens (including phenoxy) is 2. The lowest BCUT2D eigenvalue weighted by Gasteiger charge is -2.25. The van der Waals surface area contributed by atoms with Gasteiger partial charge in [0.2, 0.25) is 0 Å². The summed E-state index contributed by atoms with van der Waals surface area (Å²) in [5.41, 5.74) is 2.45. The van der Waals surface area contributed by atoms with Crippen LogP contribution in [0.5, 0.6) is 17.2 Å². The second kappa shape index (κ2) is 9.37. The van der Waals surface area contributed by atoms with Crippen LogP contribution < -0.4 is 9.47 Å². The first-order valence-electron chi connectivity index (χ1n) is 11.5. The van der Waals surface area contributed by atoms with Crippen LogP contribution in [0.15, 0.2) is 59.6 Å². The van der Waals surface area contributed by atoms with E-state index in [1.165, 1.54) is 6.07 Å². The Labute approximate surface area is 202 Å². The fraction of sp³-hybridized carbons (Fsp3) is 0.259. The van der Waals surface area contributed by atoms with Gasteiger partial charge in [0, 0.05) is 32.2 Å². The molecule has 6 nitrogen and oxygen atoms in total. The van der Waals surface area contributed by atoms with Crippen LogP contribution in [-0.2, 0) is 0 Å². The third kappa shape index (κ3) is 4.56. The van der Waals surface area contributed by atoms with Crippen LogP contribution in [0.4, 0.5) is 14.5 Å². The first-order chi connectivity index (χ1) is 16.9. The van der Waals surface area contributed by atoms with Crippen molar-refractivity contribution in [2.45, 2.75) is 13.3 Å². The molecule has 1 fully saturated rings. The van der Waals surface area contributed by atoms with Gasteiger partial charge in [0.15, 0.2) is 5.75 Å². The number of aryl methyl sites for hydroxylation is 1. The lowest BCUT2D eigenvalue weighted by atomic mass is 10.1. The van der Waals surface area contributed by atoms with Gasteiger partial charge in [-0.15, -0.1) is 0 Å². The molecule has 3 aromatic rings. The summed E-state index contributed by atoms with van der Waals surface area (Å²) in [4.78, 5) is 21.7. The number of hydrogen-bond acceptors (Lipinski definition) is 5. The molecular formula is C27H25F2N3O3. The third-order valence-electron chi connectivity index (χ3n) is 6.23. The highest BCUT2D eigenvalue weighted by Gasteiger charge is 2.28. The van der Waals surface area contributed by atoms with Crippen LogP contribution in [0.25, 0.3) is 0 Å². The van der Waals surface area contributed by atoms with Crippen LogP contribution in [0.1, 0.15) is 27.9 Å². The molecule has 1 amide bonds. The van der Waals surface area contributed by atoms with Gasteiger partial charge in [0.25, 0.3) is 5.91 Å². The average Bonchev–Trinajstić information content (AvgIpc) is 3.18. The molecule has 0 unspecified atom stereocenters. The van der Waals surface area contributed by atoms with E-state index in [2.05, 4.69) is 4.90 Å². The highest BCUT2D eigenvalue weighted by Crippen LogP contribution is 2.40. The molecule has 0 aliphatic carbocycles. The Bertz CT molecular complexity index is 1330. The highest BCUT2D eigenvalue weighted by atomic mass is 19.1. The number of rotatable bonds is 2. The van der Waals surface area contributed by atoms with E-state index in [4.69, 9.17) is 14.5 Å². The quantitative estimate of drug-likeness (QED) is 0.502. The van der Waals surface area contributed by atoms with Gasteiger partial charge in [-0.25, -0.2) is 13.8 Å². The molecule has 0 N–H and O–H groups in total. The monoisotopic (exact) mass is 477 g/mol. The maximum Gasteiger partial charge on any atom is 0.256 e. The third-order valence-corrected chi connectivity index (χ3v) is 6.23. The summed E-state index contributed by atoms with van der Waals surface area (Å²) in [6.07, 6.45) is 0.661. The summed E-state index contributed by atoms with van der Waals surface area (Å²) >= 11 is 0. The largest absolute Gasteiger partial charge is 0.497 e. The molecule has 5 rings (SSSR count). The Balaban J connectivity index is 1.46. The fourth-order valence-corrected chi connectivity index (χ4v) is 4.39. The number of aliphatic imine (C=N–C) groups is 1. The Morgan fingerprint density at radius 1 is 0.971 bits per heavy atom. The number of halogens is 2. The summed E-state index contributed by atoms with van der Waals surface area (Å²) < 4.78 is 39.2. The molecule has 2 heterocycles. The van der Waals surface area contributed by atoms with Gasteiger partial charge in [0.1, 0.15) is 34.7 Å². The van der Waals surface area contributed by atoms with E-state index in [9.17, 15) is 13.6 Å². The number of nitrogens with zero attached hydrogens (tertiary/aromatic N) is 3. The minimum absolute atomic E-state index is 0.126. The van der Waals surface area contributed by atoms with Crippen LogP contribution in [0.2, 0.25) is 0 Å². The Kier molecular flexibility index (Phi) is 6.11. The molecule has 0 atom stereocenters. The lowest BCUT2D eigenvalue weighted by molar-refractivity contribution is 0.0759. The molecule has 0 spiro atoms. The average molecular weight is 478 g/mol. The van der Waals surface area contributed by atoms with Crippen molar-refractivity contribution >= 4 is 17.4 Å². The normalized spacial score (nSPS) is 15.3. The first kappa shape index (κ1) is 22.8. The van der Waals surface area contributed by atoms with Crippen molar-refractivity contribution < 1.29 is 23.0 Å². The number of benzene rings is 3. The lowest BCUT2D eigenvalue weighted by Crippen LogP contribution is -2.38. The minimum Gasteiger partial charge on any atom is -0.497 e. The topological polar surface area (TPSA) is 54.4 Å². The summed E-state index contributed by atoms with van der Waals surface area (Å²) in [6, 6.07) is 14.5. The van der Waals surface area contributed by atoms with Crippen LogP contribution in [0.3, 0.4) is 0 Å². The standard InChI is InChI=1S/C27H25F2N3O3/c1-17-4-8-23-25(14-17)35-24-9-6-19(34-2)16-21(24)26(30-23)31-10-3-11-32(13-12-31)27(33)20-7-5-18(28)15-22(20)29/h4-9,14-16H,3,10-13H2,1-2H3. The van der Waals surface area contributed by atoms with Crippen molar-refractivity contribution in [1.82, 2.24) is 9.80 Å². The predicted molar refractivity (Wildman–Crippen MR) is 129 cm³/mol. The fourth-order valence-electron chi connectivity index (χ4n) is 4.39. The Hall–Kier alpha value is -3.94. The molecule has 180 valence electrons. The minimum atomic E-state index is -0.852. The summed E-state index contributed by atoms with van der Waals surface area (Å²) in [5, 5.41) is 0.